The van der Waals surface area contributed by atoms with E-state index in [0.717, 1.165) is 15.9 Å². The largest absolute Gasteiger partial charge is 0.491 e. The van der Waals surface area contributed by atoms with Gasteiger partial charge in [0.1, 0.15) is 18.5 Å². The van der Waals surface area contributed by atoms with Crippen LogP contribution in [0.2, 0.25) is 0 Å². The van der Waals surface area contributed by atoms with Crippen molar-refractivity contribution in [3.63, 3.8) is 0 Å². The van der Waals surface area contributed by atoms with Crippen LogP contribution in [0, 0.1) is 0 Å². The number of hydrogen-bond acceptors (Lipinski definition) is 5. The molecule has 0 fully saturated rings. The maximum absolute atomic E-state index is 12.4. The molecule has 0 saturated heterocycles. The Balaban J connectivity index is 1.81. The molecule has 0 saturated carbocycles. The number of aliphatic hydroxyl groups is 1. The summed E-state index contributed by atoms with van der Waals surface area (Å²) in [6.07, 6.45) is 0.612. The van der Waals surface area contributed by atoms with Gasteiger partial charge in [0, 0.05) is 14.1 Å². The lowest BCUT2D eigenvalue weighted by atomic mass is 10.0. The monoisotopic (exact) mass is 372 g/mol. The Hall–Kier alpha value is -2.87. The van der Waals surface area contributed by atoms with Gasteiger partial charge in [-0.1, -0.05) is 32.0 Å². The first kappa shape index (κ1) is 18.9. The number of benzene rings is 1. The van der Waals surface area contributed by atoms with E-state index >= 15 is 0 Å². The summed E-state index contributed by atoms with van der Waals surface area (Å²) in [5.74, 6) is 1.04. The highest BCUT2D eigenvalue weighted by Gasteiger charge is 2.17. The number of rotatable bonds is 6. The zero-order chi connectivity index (χ0) is 19.7. The molecule has 3 rings (SSSR count). The Morgan fingerprint density at radius 1 is 1.15 bits per heavy atom. The molecule has 0 aliphatic carbocycles. The topological polar surface area (TPSA) is 91.3 Å². The molecule has 8 heteroatoms. The third-order valence-electron chi connectivity index (χ3n) is 4.60. The molecule has 1 N–H and O–H groups in total. The molecular formula is C19H24N4O4. The molecule has 27 heavy (non-hydrogen) atoms. The van der Waals surface area contributed by atoms with Crippen LogP contribution in [0.4, 0.5) is 0 Å². The van der Waals surface area contributed by atoms with Crippen LogP contribution in [-0.4, -0.2) is 36.5 Å². The minimum absolute atomic E-state index is 0.0789. The van der Waals surface area contributed by atoms with Gasteiger partial charge in [0.15, 0.2) is 11.2 Å². The SMILES string of the molecule is CC(C)c1ccccc1OCC(O)Cn1cnc2c1c(=O)n(C)c(=O)n2C. The van der Waals surface area contributed by atoms with Gasteiger partial charge in [0.25, 0.3) is 5.56 Å². The predicted molar refractivity (Wildman–Crippen MR) is 102 cm³/mol. The van der Waals surface area contributed by atoms with Crippen molar-refractivity contribution in [3.05, 3.63) is 57.0 Å². The van der Waals surface area contributed by atoms with Crippen LogP contribution < -0.4 is 16.0 Å². The summed E-state index contributed by atoms with van der Waals surface area (Å²) in [5.41, 5.74) is 0.764. The molecule has 1 atom stereocenters. The van der Waals surface area contributed by atoms with Crippen molar-refractivity contribution >= 4 is 11.2 Å². The smallest absolute Gasteiger partial charge is 0.332 e. The van der Waals surface area contributed by atoms with Crippen molar-refractivity contribution in [1.82, 2.24) is 18.7 Å². The summed E-state index contributed by atoms with van der Waals surface area (Å²) in [5, 5.41) is 10.4. The Kier molecular flexibility index (Phi) is 5.18. The molecule has 2 aromatic heterocycles. The normalized spacial score (nSPS) is 12.7. The van der Waals surface area contributed by atoms with E-state index in [1.54, 1.807) is 11.6 Å². The number of fused-ring (bicyclic) bond motifs is 1. The van der Waals surface area contributed by atoms with E-state index in [4.69, 9.17) is 4.74 Å². The molecule has 2 heterocycles. The second kappa shape index (κ2) is 7.40. The van der Waals surface area contributed by atoms with Crippen molar-refractivity contribution in [2.75, 3.05) is 6.61 Å². The number of aryl methyl sites for hydroxylation is 1. The second-order valence-electron chi connectivity index (χ2n) is 6.93. The molecule has 0 amide bonds. The fourth-order valence-electron chi connectivity index (χ4n) is 3.09. The van der Waals surface area contributed by atoms with E-state index in [9.17, 15) is 14.7 Å². The number of aliphatic hydroxyl groups excluding tert-OH is 1. The van der Waals surface area contributed by atoms with Gasteiger partial charge in [-0.15, -0.1) is 0 Å². The third-order valence-corrected chi connectivity index (χ3v) is 4.60. The van der Waals surface area contributed by atoms with Gasteiger partial charge in [-0.25, -0.2) is 9.78 Å². The van der Waals surface area contributed by atoms with Crippen LogP contribution in [0.25, 0.3) is 11.2 Å². The molecule has 0 spiro atoms. The number of imidazole rings is 1. The molecule has 0 bridgehead atoms. The van der Waals surface area contributed by atoms with E-state index < -0.39 is 17.4 Å². The van der Waals surface area contributed by atoms with Crippen LogP contribution in [-0.2, 0) is 20.6 Å². The van der Waals surface area contributed by atoms with Gasteiger partial charge in [0.05, 0.1) is 12.9 Å². The zero-order valence-corrected chi connectivity index (χ0v) is 15.9. The van der Waals surface area contributed by atoms with Gasteiger partial charge >= 0.3 is 5.69 Å². The van der Waals surface area contributed by atoms with Gasteiger partial charge < -0.3 is 14.4 Å². The van der Waals surface area contributed by atoms with Crippen LogP contribution in [0.15, 0.2) is 40.2 Å². The summed E-state index contributed by atoms with van der Waals surface area (Å²) in [4.78, 5) is 28.6. The van der Waals surface area contributed by atoms with Crippen molar-refractivity contribution < 1.29 is 9.84 Å². The minimum Gasteiger partial charge on any atom is -0.491 e. The van der Waals surface area contributed by atoms with E-state index in [1.807, 2.05) is 24.3 Å². The first-order chi connectivity index (χ1) is 12.8. The summed E-state index contributed by atoms with van der Waals surface area (Å²) in [6, 6.07) is 7.72. The average Bonchev–Trinajstić information content (AvgIpc) is 3.06. The van der Waals surface area contributed by atoms with Gasteiger partial charge in [-0.3, -0.25) is 13.9 Å². The van der Waals surface area contributed by atoms with Gasteiger partial charge in [0.2, 0.25) is 0 Å². The second-order valence-corrected chi connectivity index (χ2v) is 6.93. The van der Waals surface area contributed by atoms with Crippen molar-refractivity contribution in [2.24, 2.45) is 14.1 Å². The Bertz CT molecular complexity index is 1080. The molecular weight excluding hydrogens is 348 g/mol. The molecule has 0 aliphatic rings. The predicted octanol–water partition coefficient (Wildman–Crippen LogP) is 0.997. The van der Waals surface area contributed by atoms with Crippen LogP contribution in [0.1, 0.15) is 25.3 Å². The Labute approximate surface area is 156 Å². The summed E-state index contributed by atoms with van der Waals surface area (Å²) >= 11 is 0. The molecule has 1 aromatic carbocycles. The first-order valence-electron chi connectivity index (χ1n) is 8.82. The quantitative estimate of drug-likeness (QED) is 0.697. The fraction of sp³-hybridized carbons (Fsp3) is 0.421. The molecule has 0 radical (unpaired) electrons. The third kappa shape index (κ3) is 3.52. The average molecular weight is 372 g/mol. The van der Waals surface area contributed by atoms with E-state index in [1.165, 1.54) is 17.9 Å². The highest BCUT2D eigenvalue weighted by Crippen LogP contribution is 2.25. The van der Waals surface area contributed by atoms with Crippen LogP contribution >= 0.6 is 0 Å². The molecule has 3 aromatic rings. The van der Waals surface area contributed by atoms with Gasteiger partial charge in [-0.2, -0.15) is 0 Å². The number of ether oxygens (including phenoxy) is 1. The van der Waals surface area contributed by atoms with E-state index in [2.05, 4.69) is 18.8 Å². The van der Waals surface area contributed by atoms with Crippen LogP contribution in [0.3, 0.4) is 0 Å². The Morgan fingerprint density at radius 3 is 2.56 bits per heavy atom. The summed E-state index contributed by atoms with van der Waals surface area (Å²) < 4.78 is 9.70. The van der Waals surface area contributed by atoms with Crippen LogP contribution in [0.5, 0.6) is 5.75 Å². The minimum atomic E-state index is -0.843. The van der Waals surface area contributed by atoms with Gasteiger partial charge in [-0.05, 0) is 17.5 Å². The number of hydrogen-bond donors (Lipinski definition) is 1. The highest BCUT2D eigenvalue weighted by molar-refractivity contribution is 5.69. The first-order valence-corrected chi connectivity index (χ1v) is 8.82. The van der Waals surface area contributed by atoms with Crippen molar-refractivity contribution in [3.8, 4) is 5.75 Å². The number of nitrogens with zero attached hydrogens (tertiary/aromatic N) is 4. The van der Waals surface area contributed by atoms with E-state index in [-0.39, 0.29) is 18.7 Å². The maximum Gasteiger partial charge on any atom is 0.332 e. The summed E-state index contributed by atoms with van der Waals surface area (Å²) in [6.45, 7) is 4.37. The standard InChI is InChI=1S/C19H24N4O4/c1-12(2)14-7-5-6-8-15(14)27-10-13(24)9-23-11-20-17-16(23)18(25)22(4)19(26)21(17)3/h5-8,11-13,24H,9-10H2,1-4H3. The zero-order valence-electron chi connectivity index (χ0n) is 15.9. The Morgan fingerprint density at radius 2 is 1.85 bits per heavy atom. The lowest BCUT2D eigenvalue weighted by Crippen LogP contribution is -2.38. The maximum atomic E-state index is 12.4. The molecule has 144 valence electrons. The summed E-state index contributed by atoms with van der Waals surface area (Å²) in [7, 11) is 2.98. The molecule has 1 unspecified atom stereocenters. The van der Waals surface area contributed by atoms with E-state index in [0.29, 0.717) is 11.6 Å². The lowest BCUT2D eigenvalue weighted by Gasteiger charge is -2.17. The molecule has 8 nitrogen and oxygen atoms in total. The van der Waals surface area contributed by atoms with Crippen molar-refractivity contribution in [2.45, 2.75) is 32.4 Å². The fourth-order valence-corrected chi connectivity index (χ4v) is 3.09. The molecule has 0 aliphatic heterocycles. The lowest BCUT2D eigenvalue weighted by molar-refractivity contribution is 0.0927. The van der Waals surface area contributed by atoms with Crippen molar-refractivity contribution in [1.29, 1.82) is 0 Å². The highest BCUT2D eigenvalue weighted by atomic mass is 16.5. The number of aromatic nitrogens is 4. The number of para-hydroxylation sites is 1.